The van der Waals surface area contributed by atoms with Crippen LogP contribution in [-0.4, -0.2) is 17.3 Å². The molecular weight excluding hydrogens is 150 g/mol. The monoisotopic (exact) mass is 169 g/mol. The van der Waals surface area contributed by atoms with Gasteiger partial charge in [-0.05, 0) is 19.8 Å². The van der Waals surface area contributed by atoms with Crippen molar-refractivity contribution >= 4 is 0 Å². The zero-order chi connectivity index (χ0) is 9.45. The topological polar surface area (TPSA) is 46.2 Å². The maximum absolute atomic E-state index is 9.85. The highest BCUT2D eigenvalue weighted by molar-refractivity contribution is 4.97. The zero-order valence-electron chi connectivity index (χ0n) is 8.06. The lowest BCUT2D eigenvalue weighted by Gasteiger charge is -2.24. The van der Waals surface area contributed by atoms with Gasteiger partial charge in [0.2, 0.25) is 0 Å². The van der Waals surface area contributed by atoms with Crippen LogP contribution in [-0.2, 0) is 0 Å². The second kappa shape index (κ2) is 6.05. The predicted octanol–water partition coefficient (Wildman–Crippen LogP) is 1.28. The Morgan fingerprint density at radius 3 is 2.50 bits per heavy atom. The number of nitrogens with two attached hydrogens (primary N) is 1. The second-order valence-electron chi connectivity index (χ2n) is 3.11. The van der Waals surface area contributed by atoms with Crippen LogP contribution >= 0.6 is 0 Å². The minimum Gasteiger partial charge on any atom is -0.389 e. The summed E-state index contributed by atoms with van der Waals surface area (Å²) in [5, 5.41) is 9.85. The number of hydrogen-bond acceptors (Lipinski definition) is 2. The van der Waals surface area contributed by atoms with E-state index in [9.17, 15) is 5.11 Å². The summed E-state index contributed by atoms with van der Waals surface area (Å²) in [6, 6.07) is 0. The Hall–Kier alpha value is -0.520. The molecule has 0 aliphatic heterocycles. The molecule has 12 heavy (non-hydrogen) atoms. The lowest BCUT2D eigenvalue weighted by atomic mass is 9.93. The lowest BCUT2D eigenvalue weighted by molar-refractivity contribution is 0.0323. The quantitative estimate of drug-likeness (QED) is 0.609. The van der Waals surface area contributed by atoms with E-state index in [-0.39, 0.29) is 0 Å². The molecule has 0 bridgehead atoms. The first-order valence-electron chi connectivity index (χ1n) is 4.50. The predicted molar refractivity (Wildman–Crippen MR) is 51.6 cm³/mol. The van der Waals surface area contributed by atoms with Crippen LogP contribution in [0.4, 0.5) is 0 Å². The van der Waals surface area contributed by atoms with Crippen LogP contribution in [0, 0.1) is 11.8 Å². The van der Waals surface area contributed by atoms with Gasteiger partial charge < -0.3 is 10.8 Å². The summed E-state index contributed by atoms with van der Waals surface area (Å²) >= 11 is 0. The summed E-state index contributed by atoms with van der Waals surface area (Å²) in [4.78, 5) is 0. The van der Waals surface area contributed by atoms with Crippen molar-refractivity contribution in [3.05, 3.63) is 0 Å². The van der Waals surface area contributed by atoms with Crippen LogP contribution in [0.3, 0.4) is 0 Å². The lowest BCUT2D eigenvalue weighted by Crippen LogP contribution is -2.37. The molecule has 0 aromatic carbocycles. The van der Waals surface area contributed by atoms with E-state index in [4.69, 9.17) is 5.73 Å². The Kier molecular flexibility index (Phi) is 5.79. The van der Waals surface area contributed by atoms with Gasteiger partial charge in [-0.1, -0.05) is 13.3 Å². The van der Waals surface area contributed by atoms with Gasteiger partial charge in [-0.2, -0.15) is 0 Å². The van der Waals surface area contributed by atoms with Gasteiger partial charge in [0.25, 0.3) is 0 Å². The van der Waals surface area contributed by atoms with E-state index < -0.39 is 5.60 Å². The number of hydrogen-bond donors (Lipinski definition) is 2. The average Bonchev–Trinajstić information content (AvgIpc) is 2.06. The van der Waals surface area contributed by atoms with E-state index in [1.165, 1.54) is 0 Å². The molecule has 70 valence electrons. The van der Waals surface area contributed by atoms with Crippen molar-refractivity contribution in [2.75, 3.05) is 6.54 Å². The summed E-state index contributed by atoms with van der Waals surface area (Å²) in [5.41, 5.74) is 4.80. The van der Waals surface area contributed by atoms with E-state index in [1.807, 2.05) is 6.92 Å². The van der Waals surface area contributed by atoms with Crippen molar-refractivity contribution in [1.29, 1.82) is 0 Å². The molecule has 2 heteroatoms. The molecule has 1 atom stereocenters. The minimum atomic E-state index is -0.682. The third-order valence-corrected chi connectivity index (χ3v) is 1.99. The zero-order valence-corrected chi connectivity index (χ0v) is 8.06. The molecule has 0 aromatic rings. The van der Waals surface area contributed by atoms with E-state index in [0.717, 1.165) is 19.3 Å². The highest BCUT2D eigenvalue weighted by atomic mass is 16.3. The highest BCUT2D eigenvalue weighted by Gasteiger charge is 2.22. The molecular formula is C10H19NO. The fourth-order valence-corrected chi connectivity index (χ4v) is 1.21. The van der Waals surface area contributed by atoms with E-state index in [2.05, 4.69) is 11.8 Å². The first-order chi connectivity index (χ1) is 5.68. The van der Waals surface area contributed by atoms with Crippen LogP contribution in [0.2, 0.25) is 0 Å². The minimum absolute atomic E-state index is 0.340. The van der Waals surface area contributed by atoms with Crippen molar-refractivity contribution in [1.82, 2.24) is 0 Å². The molecule has 0 rings (SSSR count). The van der Waals surface area contributed by atoms with Gasteiger partial charge in [0, 0.05) is 13.0 Å². The van der Waals surface area contributed by atoms with Gasteiger partial charge in [0.1, 0.15) is 0 Å². The Balaban J connectivity index is 3.83. The van der Waals surface area contributed by atoms with Gasteiger partial charge in [0.15, 0.2) is 0 Å². The second-order valence-corrected chi connectivity index (χ2v) is 3.11. The first-order valence-corrected chi connectivity index (χ1v) is 4.50. The number of aliphatic hydroxyl groups is 1. The highest BCUT2D eigenvalue weighted by Crippen LogP contribution is 2.17. The molecule has 1 unspecified atom stereocenters. The smallest absolute Gasteiger partial charge is 0.0778 e. The SMILES string of the molecule is CC#CCCC(O)(CN)CCC. The molecule has 0 aromatic heterocycles. The Bertz CT molecular complexity index is 168. The summed E-state index contributed by atoms with van der Waals surface area (Å²) < 4.78 is 0. The van der Waals surface area contributed by atoms with Crippen LogP contribution in [0.5, 0.6) is 0 Å². The first kappa shape index (κ1) is 11.5. The molecule has 0 saturated carbocycles. The van der Waals surface area contributed by atoms with Gasteiger partial charge in [0.05, 0.1) is 5.60 Å². The van der Waals surface area contributed by atoms with Gasteiger partial charge in [-0.3, -0.25) is 0 Å². The van der Waals surface area contributed by atoms with Crippen molar-refractivity contribution < 1.29 is 5.11 Å². The molecule has 0 heterocycles. The summed E-state index contributed by atoms with van der Waals surface area (Å²) in [6.45, 7) is 4.19. The van der Waals surface area contributed by atoms with E-state index in [0.29, 0.717) is 13.0 Å². The van der Waals surface area contributed by atoms with E-state index in [1.54, 1.807) is 6.92 Å². The molecule has 3 N–H and O–H groups in total. The molecule has 0 spiro atoms. The molecule has 0 aliphatic rings. The molecule has 0 radical (unpaired) electrons. The summed E-state index contributed by atoms with van der Waals surface area (Å²) in [5.74, 6) is 5.74. The molecule has 0 amide bonds. The summed E-state index contributed by atoms with van der Waals surface area (Å²) in [7, 11) is 0. The van der Waals surface area contributed by atoms with Crippen molar-refractivity contribution in [3.8, 4) is 11.8 Å². The van der Waals surface area contributed by atoms with Crippen LogP contribution in [0.1, 0.15) is 39.5 Å². The van der Waals surface area contributed by atoms with Crippen molar-refractivity contribution in [2.24, 2.45) is 5.73 Å². The maximum atomic E-state index is 9.85. The normalized spacial score (nSPS) is 14.7. The largest absolute Gasteiger partial charge is 0.389 e. The Morgan fingerprint density at radius 2 is 2.08 bits per heavy atom. The van der Waals surface area contributed by atoms with Gasteiger partial charge in [-0.25, -0.2) is 0 Å². The van der Waals surface area contributed by atoms with E-state index >= 15 is 0 Å². The fraction of sp³-hybridized carbons (Fsp3) is 0.800. The third kappa shape index (κ3) is 4.38. The van der Waals surface area contributed by atoms with Crippen LogP contribution < -0.4 is 5.73 Å². The average molecular weight is 169 g/mol. The maximum Gasteiger partial charge on any atom is 0.0778 e. The fourth-order valence-electron chi connectivity index (χ4n) is 1.21. The third-order valence-electron chi connectivity index (χ3n) is 1.99. The Morgan fingerprint density at radius 1 is 1.42 bits per heavy atom. The molecule has 0 fully saturated rings. The van der Waals surface area contributed by atoms with Gasteiger partial charge >= 0.3 is 0 Å². The van der Waals surface area contributed by atoms with Crippen LogP contribution in [0.25, 0.3) is 0 Å². The van der Waals surface area contributed by atoms with Crippen molar-refractivity contribution in [2.45, 2.75) is 45.1 Å². The van der Waals surface area contributed by atoms with Crippen LogP contribution in [0.15, 0.2) is 0 Å². The standard InChI is InChI=1S/C10H19NO/c1-3-5-6-8-10(12,9-11)7-4-2/h12H,4,6-9,11H2,1-2H3. The van der Waals surface area contributed by atoms with Gasteiger partial charge in [-0.15, -0.1) is 11.8 Å². The Labute approximate surface area is 75.2 Å². The molecule has 0 aliphatic carbocycles. The molecule has 2 nitrogen and oxygen atoms in total. The van der Waals surface area contributed by atoms with Crippen molar-refractivity contribution in [3.63, 3.8) is 0 Å². The summed E-state index contributed by atoms with van der Waals surface area (Å²) in [6.07, 6.45) is 3.17. The molecule has 0 saturated heterocycles. The number of rotatable bonds is 5.